The highest BCUT2D eigenvalue weighted by atomic mass is 32.1. The van der Waals surface area contributed by atoms with Crippen molar-refractivity contribution in [1.29, 1.82) is 5.26 Å². The Kier molecular flexibility index (Phi) is 16.0. The maximum absolute atomic E-state index is 10.7. The summed E-state index contributed by atoms with van der Waals surface area (Å²) in [4.78, 5) is 4.91. The van der Waals surface area contributed by atoms with Crippen LogP contribution in [-0.2, 0) is 21.7 Å². The van der Waals surface area contributed by atoms with Gasteiger partial charge < -0.3 is 18.9 Å². The predicted molar refractivity (Wildman–Crippen MR) is 487 cm³/mol. The van der Waals surface area contributed by atoms with Crippen LogP contribution in [0, 0.1) is 11.3 Å². The molecule has 114 heavy (non-hydrogen) atoms. The fraction of sp³-hybridized carbons (Fsp3) is 0.150. The molecule has 4 heterocycles. The molecule has 2 aliphatic carbocycles. The summed E-state index contributed by atoms with van der Waals surface area (Å²) in [5.41, 5.74) is 29.0. The van der Waals surface area contributed by atoms with E-state index in [0.717, 1.165) is 115 Å². The van der Waals surface area contributed by atoms with Gasteiger partial charge in [-0.15, -0.1) is 22.7 Å². The normalized spacial score (nSPS) is 14.8. The zero-order valence-electron chi connectivity index (χ0n) is 65.5. The van der Waals surface area contributed by atoms with Crippen LogP contribution in [0.25, 0.3) is 140 Å². The molecular weight excluding hydrogens is 1420 g/mol. The fourth-order valence-corrected chi connectivity index (χ4v) is 21.7. The summed E-state index contributed by atoms with van der Waals surface area (Å²) in [5.74, 6) is 0. The van der Waals surface area contributed by atoms with Crippen molar-refractivity contribution in [1.82, 2.24) is 9.13 Å². The number of aromatic nitrogens is 2. The number of fused-ring (bicyclic) bond motifs is 14. The zero-order chi connectivity index (χ0) is 77.1. The number of benzene rings is 15. The highest BCUT2D eigenvalue weighted by Gasteiger charge is 2.39. The molecule has 0 saturated carbocycles. The summed E-state index contributed by atoms with van der Waals surface area (Å²) in [5, 5.41) is 20.3. The molecule has 19 aromatic rings. The van der Waals surface area contributed by atoms with Gasteiger partial charge in [-0.2, -0.15) is 5.26 Å². The Morgan fingerprint density at radius 2 is 0.772 bits per heavy atom. The number of anilines is 6. The molecule has 7 heteroatoms. The van der Waals surface area contributed by atoms with Crippen molar-refractivity contribution in [3.05, 3.63) is 349 Å². The highest BCUT2D eigenvalue weighted by molar-refractivity contribution is 7.27. The summed E-state index contributed by atoms with van der Waals surface area (Å²) in [6.45, 7) is 19.4. The van der Waals surface area contributed by atoms with Gasteiger partial charge in [0.25, 0.3) is 0 Å². The number of nitriles is 1. The van der Waals surface area contributed by atoms with Gasteiger partial charge in [0.15, 0.2) is 0 Å². The van der Waals surface area contributed by atoms with Crippen LogP contribution < -0.4 is 9.80 Å². The number of hydrogen-bond acceptors (Lipinski definition) is 5. The van der Waals surface area contributed by atoms with Crippen molar-refractivity contribution in [2.24, 2.45) is 0 Å². The van der Waals surface area contributed by atoms with Crippen LogP contribution in [0.3, 0.4) is 0 Å². The quantitative estimate of drug-likeness (QED) is 0.122. The summed E-state index contributed by atoms with van der Waals surface area (Å²) in [6.07, 6.45) is 4.56. The van der Waals surface area contributed by atoms with Crippen LogP contribution in [0.2, 0.25) is 0 Å². The van der Waals surface area contributed by atoms with E-state index in [-0.39, 0.29) is 21.7 Å². The Labute approximate surface area is 674 Å². The van der Waals surface area contributed by atoms with Gasteiger partial charge in [0.05, 0.1) is 44.1 Å². The Bertz CT molecular complexity index is 7200. The van der Waals surface area contributed by atoms with Gasteiger partial charge in [-0.25, -0.2) is 0 Å². The van der Waals surface area contributed by atoms with E-state index in [4.69, 9.17) is 0 Å². The van der Waals surface area contributed by atoms with Gasteiger partial charge in [0.2, 0.25) is 0 Å². The van der Waals surface area contributed by atoms with Crippen LogP contribution in [0.1, 0.15) is 109 Å². The summed E-state index contributed by atoms with van der Waals surface area (Å²) in [7, 11) is 0. The lowest BCUT2D eigenvalue weighted by molar-refractivity contribution is 0.332. The molecule has 15 aromatic carbocycles. The maximum atomic E-state index is 10.7. The molecule has 5 nitrogen and oxygen atoms in total. The van der Waals surface area contributed by atoms with Gasteiger partial charge in [0, 0.05) is 103 Å². The molecular formula is C107H85N5S2. The SMILES string of the molecule is CC1(C)CCC(C)(C)c2cc(-n3c4ccc(-c5ccc6sc7c(N(c8cccc(C#N)c8)c8ccc9c%10ccccc%10n(-c%10ccc%11c(c%10)C(C)(C)CCC%11(C)C)c9c8)ccc(-c8ccccc8)c7c6c5)cc4c4ccc(N(c5cccc(-c6ccccc6)c5)c5cc(-c6ccccc6)c6sc7ccccc7c6c5)cc43)ccc21. The minimum absolute atomic E-state index is 0.0130. The van der Waals surface area contributed by atoms with E-state index in [1.54, 1.807) is 0 Å². The summed E-state index contributed by atoms with van der Waals surface area (Å²) in [6, 6.07) is 123. The molecule has 0 saturated heterocycles. The predicted octanol–water partition coefficient (Wildman–Crippen LogP) is 30.8. The first-order chi connectivity index (χ1) is 55.4. The molecule has 4 aromatic heterocycles. The Hall–Kier alpha value is -12.6. The first-order valence-corrected chi connectivity index (χ1v) is 41.8. The smallest absolute Gasteiger partial charge is 0.0992 e. The lowest BCUT2D eigenvalue weighted by atomic mass is 9.63. The Morgan fingerprint density at radius 3 is 1.42 bits per heavy atom. The minimum atomic E-state index is -0.0130. The van der Waals surface area contributed by atoms with Crippen molar-refractivity contribution in [2.75, 3.05) is 9.80 Å². The molecule has 0 atom stereocenters. The van der Waals surface area contributed by atoms with Crippen molar-refractivity contribution in [3.8, 4) is 62.0 Å². The average molecular weight is 1510 g/mol. The van der Waals surface area contributed by atoms with E-state index >= 15 is 0 Å². The zero-order valence-corrected chi connectivity index (χ0v) is 67.1. The number of thiophene rings is 2. The number of nitrogens with zero attached hydrogens (tertiary/aromatic N) is 5. The Morgan fingerprint density at radius 1 is 0.289 bits per heavy atom. The van der Waals surface area contributed by atoms with Gasteiger partial charge >= 0.3 is 0 Å². The maximum Gasteiger partial charge on any atom is 0.0992 e. The molecule has 0 bridgehead atoms. The van der Waals surface area contributed by atoms with E-state index in [2.05, 4.69) is 384 Å². The third-order valence-electron chi connectivity index (χ3n) is 25.6. The highest BCUT2D eigenvalue weighted by Crippen LogP contribution is 2.55. The first kappa shape index (κ1) is 69.4. The van der Waals surface area contributed by atoms with Gasteiger partial charge in [0.1, 0.15) is 0 Å². The number of rotatable bonds is 12. The third-order valence-corrected chi connectivity index (χ3v) is 28.0. The standard InChI is InChI=1S/C107H85N5S2/c1-104(2)52-54-106(5,6)92-62-76(42-47-90(92)104)111-94-36-20-18-34-82(94)83-44-41-79(65-97(83)111)110(74-32-22-24-67(56-74)66-108)96-50-46-81(69-27-14-10-15-28-69)101-89-59-73(39-51-100(89)114-103(96)101)72-38-49-95-87(58-72)84-45-40-78(64-98(84)112(95)77-43-48-91-93(63-77)107(7,8)55-53-105(91,3)4)109(75-33-23-31-71(57-75)68-25-12-9-13-26-68)80-60-86(70-29-16-11-17-30-70)102-88(61-80)85-35-19-21-37-99(85)113-102/h9-51,56-65H,52-55H2,1-8H3. The van der Waals surface area contributed by atoms with Crippen LogP contribution in [-0.4, -0.2) is 9.13 Å². The van der Waals surface area contributed by atoms with Crippen LogP contribution in [0.4, 0.5) is 34.1 Å². The second kappa shape index (κ2) is 26.3. The van der Waals surface area contributed by atoms with E-state index < -0.39 is 0 Å². The number of hydrogen-bond donors (Lipinski definition) is 0. The average Bonchev–Trinajstić information content (AvgIpc) is 1.20. The van der Waals surface area contributed by atoms with Gasteiger partial charge in [-0.05, 0) is 242 Å². The van der Waals surface area contributed by atoms with Gasteiger partial charge in [-0.1, -0.05) is 243 Å². The summed E-state index contributed by atoms with van der Waals surface area (Å²) < 4.78 is 9.98. The topological polar surface area (TPSA) is 40.1 Å². The van der Waals surface area contributed by atoms with E-state index in [0.29, 0.717) is 5.56 Å². The molecule has 2 aliphatic rings. The van der Waals surface area contributed by atoms with Crippen molar-refractivity contribution in [2.45, 2.75) is 103 Å². The second-order valence-electron chi connectivity index (χ2n) is 34.4. The first-order valence-electron chi connectivity index (χ1n) is 40.2. The number of para-hydroxylation sites is 1. The molecule has 0 fully saturated rings. The van der Waals surface area contributed by atoms with E-state index in [1.807, 2.05) is 40.9 Å². The Balaban J connectivity index is 0.765. The molecule has 550 valence electrons. The van der Waals surface area contributed by atoms with Crippen LogP contribution in [0.5, 0.6) is 0 Å². The molecule has 0 spiro atoms. The molecule has 0 aliphatic heterocycles. The molecule has 0 radical (unpaired) electrons. The minimum Gasteiger partial charge on any atom is -0.310 e. The monoisotopic (exact) mass is 1500 g/mol. The second-order valence-corrected chi connectivity index (χ2v) is 36.5. The molecule has 0 amide bonds. The third kappa shape index (κ3) is 11.3. The lowest BCUT2D eigenvalue weighted by Crippen LogP contribution is -2.33. The lowest BCUT2D eigenvalue weighted by Gasteiger charge is -2.42. The summed E-state index contributed by atoms with van der Waals surface area (Å²) >= 11 is 3.72. The van der Waals surface area contributed by atoms with Crippen LogP contribution in [0.15, 0.2) is 322 Å². The largest absolute Gasteiger partial charge is 0.310 e. The molecule has 21 rings (SSSR count). The van der Waals surface area contributed by atoms with Crippen molar-refractivity contribution in [3.63, 3.8) is 0 Å². The van der Waals surface area contributed by atoms with Gasteiger partial charge in [-0.3, -0.25) is 0 Å². The van der Waals surface area contributed by atoms with Crippen LogP contribution >= 0.6 is 22.7 Å². The van der Waals surface area contributed by atoms with E-state index in [9.17, 15) is 5.26 Å². The van der Waals surface area contributed by atoms with Crippen molar-refractivity contribution < 1.29 is 0 Å². The fourth-order valence-electron chi connectivity index (χ4n) is 19.3. The molecule has 0 unspecified atom stereocenters. The molecule has 0 N–H and O–H groups in total. The van der Waals surface area contributed by atoms with Crippen molar-refractivity contribution >= 4 is 141 Å². The van der Waals surface area contributed by atoms with E-state index in [1.165, 1.54) is 107 Å².